The second-order valence-corrected chi connectivity index (χ2v) is 6.08. The minimum absolute atomic E-state index is 0.00189. The Morgan fingerprint density at radius 1 is 1.33 bits per heavy atom. The predicted octanol–water partition coefficient (Wildman–Crippen LogP) is 5.51. The second-order valence-electron chi connectivity index (χ2n) is 6.08. The van der Waals surface area contributed by atoms with Crippen LogP contribution >= 0.6 is 0 Å². The lowest BCUT2D eigenvalue weighted by molar-refractivity contribution is 0.342. The Morgan fingerprint density at radius 3 is 2.76 bits per heavy atom. The first kappa shape index (κ1) is 11.3. The minimum atomic E-state index is -2.45. The first-order chi connectivity index (χ1) is 11.8. The van der Waals surface area contributed by atoms with Crippen LogP contribution < -0.4 is 0 Å². The fourth-order valence-corrected chi connectivity index (χ4v) is 2.21. The van der Waals surface area contributed by atoms with Gasteiger partial charge in [-0.3, -0.25) is 0 Å². The molecule has 0 amide bonds. The van der Waals surface area contributed by atoms with Crippen LogP contribution in [0.3, 0.4) is 0 Å². The Bertz CT molecular complexity index is 658. The van der Waals surface area contributed by atoms with Crippen LogP contribution in [0.25, 0.3) is 0 Å². The van der Waals surface area contributed by atoms with E-state index in [0.29, 0.717) is 12.0 Å². The monoisotopic (exact) mass is 291 g/mol. The third kappa shape index (κ3) is 5.89. The van der Waals surface area contributed by atoms with Gasteiger partial charge in [-0.05, 0) is 50.9 Å². The summed E-state index contributed by atoms with van der Waals surface area (Å²) in [6.07, 6.45) is 9.95. The Labute approximate surface area is 137 Å². The molecule has 0 saturated carbocycles. The first-order valence-electron chi connectivity index (χ1n) is 9.87. The van der Waals surface area contributed by atoms with Gasteiger partial charge in [0, 0.05) is 6.85 Å². The maximum absolute atomic E-state index is 8.84. The van der Waals surface area contributed by atoms with Crippen molar-refractivity contribution in [1.29, 1.82) is 0 Å². The van der Waals surface area contributed by atoms with Gasteiger partial charge in [0.25, 0.3) is 0 Å². The lowest BCUT2D eigenvalue weighted by Crippen LogP contribution is -2.19. The molecule has 1 nitrogen and oxygen atoms in total. The molecule has 0 aromatic carbocycles. The predicted molar refractivity (Wildman–Crippen MR) is 93.2 cm³/mol. The molecule has 1 rings (SSSR count). The van der Waals surface area contributed by atoms with Crippen LogP contribution in [0, 0.1) is 5.41 Å². The summed E-state index contributed by atoms with van der Waals surface area (Å²) >= 11 is 0. The zero-order valence-corrected chi connectivity index (χ0v) is 13.5. The van der Waals surface area contributed by atoms with Gasteiger partial charge in [-0.1, -0.05) is 67.0 Å². The molecule has 1 aliphatic rings. The zero-order chi connectivity index (χ0) is 20.2. The van der Waals surface area contributed by atoms with Crippen molar-refractivity contribution >= 4 is 0 Å². The van der Waals surface area contributed by atoms with Crippen molar-refractivity contribution in [1.82, 2.24) is 0 Å². The third-order valence-corrected chi connectivity index (χ3v) is 3.69. The van der Waals surface area contributed by atoms with Crippen LogP contribution in [-0.2, 0) is 0 Å². The Hall–Kier alpha value is -1.34. The molecule has 0 atom stereocenters. The van der Waals surface area contributed by atoms with Crippen LogP contribution in [-0.4, -0.2) is 11.7 Å². The Kier molecular flexibility index (Phi) is 4.39. The average Bonchev–Trinajstić information content (AvgIpc) is 2.47. The minimum Gasteiger partial charge on any atom is -0.392 e. The standard InChI is InChI=1S/C20H30O/c1-16(8-6-9-17(2)13-15-21)11-12-19-18(3)10-7-14-20(19,4)5/h6,8-9,11-13,21H,7,10,14-15H2,1-5H3/i3D3,10D2. The molecule has 0 spiro atoms. The molecule has 116 valence electrons. The van der Waals surface area contributed by atoms with Gasteiger partial charge in [0.2, 0.25) is 0 Å². The molecule has 21 heavy (non-hydrogen) atoms. The van der Waals surface area contributed by atoms with Crippen molar-refractivity contribution < 1.29 is 12.0 Å². The van der Waals surface area contributed by atoms with Crippen molar-refractivity contribution in [3.05, 3.63) is 58.7 Å². The van der Waals surface area contributed by atoms with Gasteiger partial charge in [-0.25, -0.2) is 0 Å². The van der Waals surface area contributed by atoms with Crippen molar-refractivity contribution in [2.45, 2.75) is 53.8 Å². The number of allylic oxidation sites excluding steroid dienone is 9. The molecule has 0 aromatic rings. The maximum atomic E-state index is 8.84. The summed E-state index contributed by atoms with van der Waals surface area (Å²) in [5.74, 6) is 0. The van der Waals surface area contributed by atoms with Gasteiger partial charge >= 0.3 is 0 Å². The number of rotatable bonds is 5. The Balaban J connectivity index is 3.25. The molecule has 0 unspecified atom stereocenters. The largest absolute Gasteiger partial charge is 0.392 e. The summed E-state index contributed by atoms with van der Waals surface area (Å²) in [7, 11) is 0. The van der Waals surface area contributed by atoms with Gasteiger partial charge in [0.1, 0.15) is 0 Å². The van der Waals surface area contributed by atoms with Crippen molar-refractivity contribution in [2.75, 3.05) is 6.61 Å². The van der Waals surface area contributed by atoms with Crippen LogP contribution in [0.15, 0.2) is 58.7 Å². The summed E-state index contributed by atoms with van der Waals surface area (Å²) < 4.78 is 39.8. The summed E-state index contributed by atoms with van der Waals surface area (Å²) in [6, 6.07) is 0. The molecule has 0 aliphatic heterocycles. The molecule has 0 radical (unpaired) electrons. The fourth-order valence-electron chi connectivity index (χ4n) is 2.21. The molecule has 0 bridgehead atoms. The number of aliphatic hydroxyl groups excluding tert-OH is 1. The van der Waals surface area contributed by atoms with E-state index in [0.717, 1.165) is 11.1 Å². The van der Waals surface area contributed by atoms with Gasteiger partial charge in [0.15, 0.2) is 0 Å². The second kappa shape index (κ2) is 8.19. The highest BCUT2D eigenvalue weighted by Gasteiger charge is 2.26. The van der Waals surface area contributed by atoms with E-state index >= 15 is 0 Å². The van der Waals surface area contributed by atoms with Crippen molar-refractivity contribution in [2.24, 2.45) is 5.41 Å². The van der Waals surface area contributed by atoms with E-state index in [1.165, 1.54) is 0 Å². The molecular weight excluding hydrogens is 256 g/mol. The molecule has 1 heteroatoms. The van der Waals surface area contributed by atoms with Gasteiger partial charge in [-0.15, -0.1) is 0 Å². The number of hydrogen-bond acceptors (Lipinski definition) is 1. The van der Waals surface area contributed by atoms with Crippen molar-refractivity contribution in [3.8, 4) is 0 Å². The first-order valence-corrected chi connectivity index (χ1v) is 7.37. The lowest BCUT2D eigenvalue weighted by Gasteiger charge is -2.32. The van der Waals surface area contributed by atoms with Crippen LogP contribution in [0.5, 0.6) is 0 Å². The molecule has 1 aliphatic carbocycles. The molecule has 1 N–H and O–H groups in total. The van der Waals surface area contributed by atoms with E-state index in [9.17, 15) is 0 Å². The average molecular weight is 291 g/mol. The van der Waals surface area contributed by atoms with Crippen LogP contribution in [0.4, 0.5) is 0 Å². The smallest absolute Gasteiger partial charge is 0.0617 e. The zero-order valence-electron chi connectivity index (χ0n) is 18.5. The van der Waals surface area contributed by atoms with E-state index < -0.39 is 13.2 Å². The maximum Gasteiger partial charge on any atom is 0.0617 e. The number of hydrogen-bond donors (Lipinski definition) is 1. The summed E-state index contributed by atoms with van der Waals surface area (Å²) in [5.41, 5.74) is 2.00. The summed E-state index contributed by atoms with van der Waals surface area (Å²) in [5, 5.41) is 8.84. The van der Waals surface area contributed by atoms with E-state index in [2.05, 4.69) is 0 Å². The van der Waals surface area contributed by atoms with Gasteiger partial charge < -0.3 is 5.11 Å². The molecular formula is C20H30O. The highest BCUT2D eigenvalue weighted by Crippen LogP contribution is 2.40. The van der Waals surface area contributed by atoms with Gasteiger partial charge in [-0.2, -0.15) is 0 Å². The van der Waals surface area contributed by atoms with Crippen molar-refractivity contribution in [3.63, 3.8) is 0 Å². The molecule has 0 fully saturated rings. The topological polar surface area (TPSA) is 20.2 Å². The quantitative estimate of drug-likeness (QED) is 0.662. The van der Waals surface area contributed by atoms with Gasteiger partial charge in [0.05, 0.1) is 6.61 Å². The highest BCUT2D eigenvalue weighted by molar-refractivity contribution is 5.37. The van der Waals surface area contributed by atoms with E-state index in [1.807, 2.05) is 52.0 Å². The fraction of sp³-hybridized carbons (Fsp3) is 0.500. The van der Waals surface area contributed by atoms with Crippen LogP contribution in [0.1, 0.15) is 60.6 Å². The lowest BCUT2D eigenvalue weighted by atomic mass is 9.72. The van der Waals surface area contributed by atoms with E-state index in [-0.39, 0.29) is 24.0 Å². The molecule has 0 heterocycles. The normalized spacial score (nSPS) is 27.4. The molecule has 0 aromatic heterocycles. The number of aliphatic hydroxyl groups is 1. The van der Waals surface area contributed by atoms with E-state index in [1.54, 1.807) is 12.2 Å². The van der Waals surface area contributed by atoms with Crippen LogP contribution in [0.2, 0.25) is 0 Å². The highest BCUT2D eigenvalue weighted by atomic mass is 16.2. The summed E-state index contributed by atoms with van der Waals surface area (Å²) in [6.45, 7) is 5.29. The van der Waals surface area contributed by atoms with E-state index in [4.69, 9.17) is 12.0 Å². The third-order valence-electron chi connectivity index (χ3n) is 3.69. The summed E-state index contributed by atoms with van der Waals surface area (Å²) in [4.78, 5) is 0. The Morgan fingerprint density at radius 2 is 2.10 bits per heavy atom. The SMILES string of the molecule is [2H]C([2H])([2H])C1=C(C=CC(C)=CC=CC(C)=CCO)C(C)(C)CCC1([2H])[2H]. The molecule has 0 saturated heterocycles.